The number of benzene rings is 1. The first-order valence-electron chi connectivity index (χ1n) is 13.3. The Morgan fingerprint density at radius 1 is 0.878 bits per heavy atom. The molecule has 2 aromatic rings. The van der Waals surface area contributed by atoms with Crippen LogP contribution in [0.4, 0.5) is 0 Å². The number of hydrogen-bond donors (Lipinski definition) is 8. The van der Waals surface area contributed by atoms with Gasteiger partial charge < -0.3 is 42.6 Å². The molecule has 41 heavy (non-hydrogen) atoms. The number of carbonyl (C=O) groups is 6. The van der Waals surface area contributed by atoms with Crippen LogP contribution < -0.4 is 27.4 Å². The van der Waals surface area contributed by atoms with Crippen LogP contribution in [0.25, 0.3) is 10.9 Å². The van der Waals surface area contributed by atoms with Gasteiger partial charge in [0.1, 0.15) is 18.1 Å². The van der Waals surface area contributed by atoms with E-state index in [2.05, 4.69) is 20.9 Å². The summed E-state index contributed by atoms with van der Waals surface area (Å²) in [5.74, 6) is -5.99. The van der Waals surface area contributed by atoms with E-state index in [1.165, 1.54) is 0 Å². The zero-order valence-electron chi connectivity index (χ0n) is 23.0. The molecule has 0 aliphatic carbocycles. The Labute approximate surface area is 236 Å². The van der Waals surface area contributed by atoms with Crippen molar-refractivity contribution in [2.75, 3.05) is 0 Å². The molecule has 10 N–H and O–H groups in total. The number of para-hydroxylation sites is 1. The van der Waals surface area contributed by atoms with Crippen molar-refractivity contribution in [3.05, 3.63) is 36.0 Å². The molecule has 0 spiro atoms. The number of nitrogens with two attached hydrogens (primary N) is 2. The molecule has 14 heteroatoms. The van der Waals surface area contributed by atoms with Crippen molar-refractivity contribution >= 4 is 46.5 Å². The van der Waals surface area contributed by atoms with E-state index >= 15 is 0 Å². The smallest absolute Gasteiger partial charge is 0.326 e. The number of fused-ring (bicyclic) bond motifs is 1. The SMILES string of the molecule is CCC(C)C(N)C(=O)NC(CCC(N)=O)C(=O)NC(CCC(=O)O)C(=O)NC(Cc1c[nH]c2ccccc12)C(=O)O. The molecule has 0 aliphatic heterocycles. The van der Waals surface area contributed by atoms with Gasteiger partial charge in [0.25, 0.3) is 0 Å². The van der Waals surface area contributed by atoms with Crippen LogP contribution in [-0.4, -0.2) is 74.9 Å². The van der Waals surface area contributed by atoms with Crippen LogP contribution in [0.2, 0.25) is 0 Å². The largest absolute Gasteiger partial charge is 0.481 e. The summed E-state index contributed by atoms with van der Waals surface area (Å²) in [6.45, 7) is 3.59. The number of carboxylic acids is 2. The zero-order valence-corrected chi connectivity index (χ0v) is 23.0. The van der Waals surface area contributed by atoms with Gasteiger partial charge in [0.2, 0.25) is 23.6 Å². The summed E-state index contributed by atoms with van der Waals surface area (Å²) >= 11 is 0. The fraction of sp³-hybridized carbons (Fsp3) is 0.481. The van der Waals surface area contributed by atoms with Crippen LogP contribution in [0.1, 0.15) is 51.5 Å². The van der Waals surface area contributed by atoms with Gasteiger partial charge in [-0.1, -0.05) is 38.5 Å². The van der Waals surface area contributed by atoms with Crippen LogP contribution in [0.15, 0.2) is 30.5 Å². The summed E-state index contributed by atoms with van der Waals surface area (Å²) < 4.78 is 0. The summed E-state index contributed by atoms with van der Waals surface area (Å²) in [4.78, 5) is 76.6. The summed E-state index contributed by atoms with van der Waals surface area (Å²) in [7, 11) is 0. The monoisotopic (exact) mass is 574 g/mol. The summed E-state index contributed by atoms with van der Waals surface area (Å²) in [5, 5.41) is 27.0. The molecular weight excluding hydrogens is 536 g/mol. The van der Waals surface area contributed by atoms with E-state index in [-0.39, 0.29) is 31.6 Å². The Bertz CT molecular complexity index is 1260. The maximum absolute atomic E-state index is 13.2. The second kappa shape index (κ2) is 15.4. The van der Waals surface area contributed by atoms with Gasteiger partial charge in [-0.25, -0.2) is 4.79 Å². The van der Waals surface area contributed by atoms with Crippen LogP contribution in [0.3, 0.4) is 0 Å². The fourth-order valence-electron chi connectivity index (χ4n) is 4.14. The average Bonchev–Trinajstić information content (AvgIpc) is 3.33. The first-order chi connectivity index (χ1) is 19.3. The molecule has 2 rings (SSSR count). The number of carboxylic acid groups (broad SMARTS) is 2. The predicted molar refractivity (Wildman–Crippen MR) is 148 cm³/mol. The first-order valence-corrected chi connectivity index (χ1v) is 13.3. The molecule has 5 atom stereocenters. The maximum Gasteiger partial charge on any atom is 0.326 e. The lowest BCUT2D eigenvalue weighted by Gasteiger charge is -2.26. The van der Waals surface area contributed by atoms with E-state index in [0.29, 0.717) is 12.0 Å². The molecule has 1 aromatic carbocycles. The molecule has 0 aliphatic rings. The Morgan fingerprint density at radius 2 is 1.44 bits per heavy atom. The number of primary amides is 1. The molecule has 0 fully saturated rings. The van der Waals surface area contributed by atoms with E-state index in [1.807, 2.05) is 19.1 Å². The molecule has 0 saturated heterocycles. The summed E-state index contributed by atoms with van der Waals surface area (Å²) in [5.41, 5.74) is 12.6. The molecule has 1 heterocycles. The second-order valence-corrected chi connectivity index (χ2v) is 9.93. The van der Waals surface area contributed by atoms with Crippen molar-refractivity contribution in [1.82, 2.24) is 20.9 Å². The number of nitrogens with one attached hydrogen (secondary N) is 4. The van der Waals surface area contributed by atoms with E-state index in [4.69, 9.17) is 16.6 Å². The molecule has 0 bridgehead atoms. The Hall–Kier alpha value is -4.46. The van der Waals surface area contributed by atoms with Crippen molar-refractivity contribution in [1.29, 1.82) is 0 Å². The maximum atomic E-state index is 13.2. The van der Waals surface area contributed by atoms with Gasteiger partial charge in [0.15, 0.2) is 0 Å². The minimum Gasteiger partial charge on any atom is -0.481 e. The normalized spacial score (nSPS) is 14.7. The van der Waals surface area contributed by atoms with Crippen LogP contribution >= 0.6 is 0 Å². The van der Waals surface area contributed by atoms with Gasteiger partial charge in [-0.15, -0.1) is 0 Å². The summed E-state index contributed by atoms with van der Waals surface area (Å²) in [6, 6.07) is 2.09. The first kappa shape index (κ1) is 32.8. The third kappa shape index (κ3) is 9.90. The van der Waals surface area contributed by atoms with Gasteiger partial charge >= 0.3 is 11.9 Å². The number of aromatic nitrogens is 1. The highest BCUT2D eigenvalue weighted by molar-refractivity contribution is 5.95. The molecular formula is C27H38N6O8. The number of carbonyl (C=O) groups excluding carboxylic acids is 4. The lowest BCUT2D eigenvalue weighted by Crippen LogP contribution is -2.58. The lowest BCUT2D eigenvalue weighted by atomic mass is 9.98. The number of hydrogen-bond acceptors (Lipinski definition) is 7. The minimum absolute atomic E-state index is 0.0878. The number of aromatic amines is 1. The third-order valence-corrected chi connectivity index (χ3v) is 6.87. The number of aliphatic carboxylic acids is 2. The van der Waals surface area contributed by atoms with Crippen molar-refractivity contribution in [3.8, 4) is 0 Å². The molecule has 0 radical (unpaired) electrons. The topological polar surface area (TPSA) is 247 Å². The highest BCUT2D eigenvalue weighted by Gasteiger charge is 2.31. The highest BCUT2D eigenvalue weighted by atomic mass is 16.4. The van der Waals surface area contributed by atoms with Gasteiger partial charge in [-0.3, -0.25) is 24.0 Å². The summed E-state index contributed by atoms with van der Waals surface area (Å²) in [6.07, 6.45) is 0.779. The van der Waals surface area contributed by atoms with Crippen molar-refractivity contribution < 1.29 is 39.0 Å². The number of amides is 4. The molecule has 1 aromatic heterocycles. The fourth-order valence-corrected chi connectivity index (χ4v) is 4.14. The van der Waals surface area contributed by atoms with Crippen molar-refractivity contribution in [2.24, 2.45) is 17.4 Å². The molecule has 5 unspecified atom stereocenters. The highest BCUT2D eigenvalue weighted by Crippen LogP contribution is 2.19. The van der Waals surface area contributed by atoms with Gasteiger partial charge in [-0.05, 0) is 30.4 Å². The molecule has 14 nitrogen and oxygen atoms in total. The molecule has 4 amide bonds. The Balaban J connectivity index is 2.22. The predicted octanol–water partition coefficient (Wildman–Crippen LogP) is -0.247. The standard InChI is InChI=1S/C27H38N6O8/c1-3-14(2)23(29)26(39)32-18(8-10-21(28)34)24(37)31-19(9-11-22(35)36)25(38)33-20(27(40)41)12-15-13-30-17-7-5-4-6-16(15)17/h4-7,13-14,18-20,23,30H,3,8-12,29H2,1-2H3,(H2,28,34)(H,31,37)(H,32,39)(H,33,38)(H,35,36)(H,40,41). The Kier molecular flexibility index (Phi) is 12.3. The zero-order chi connectivity index (χ0) is 30.7. The second-order valence-electron chi connectivity index (χ2n) is 9.93. The molecule has 224 valence electrons. The number of H-pyrrole nitrogens is 1. The van der Waals surface area contributed by atoms with E-state index in [0.717, 1.165) is 10.9 Å². The average molecular weight is 575 g/mol. The van der Waals surface area contributed by atoms with Crippen LogP contribution in [0, 0.1) is 5.92 Å². The minimum atomic E-state index is -1.46. The third-order valence-electron chi connectivity index (χ3n) is 6.87. The van der Waals surface area contributed by atoms with E-state index < -0.39 is 66.2 Å². The lowest BCUT2D eigenvalue weighted by molar-refractivity contribution is -0.143. The quantitative estimate of drug-likeness (QED) is 0.124. The van der Waals surface area contributed by atoms with Crippen molar-refractivity contribution in [3.63, 3.8) is 0 Å². The van der Waals surface area contributed by atoms with Crippen LogP contribution in [-0.2, 0) is 35.2 Å². The van der Waals surface area contributed by atoms with Crippen LogP contribution in [0.5, 0.6) is 0 Å². The van der Waals surface area contributed by atoms with E-state index in [1.54, 1.807) is 25.3 Å². The van der Waals surface area contributed by atoms with Gasteiger partial charge in [-0.2, -0.15) is 0 Å². The van der Waals surface area contributed by atoms with E-state index in [9.17, 15) is 33.9 Å². The van der Waals surface area contributed by atoms with Crippen molar-refractivity contribution in [2.45, 2.75) is 76.5 Å². The van der Waals surface area contributed by atoms with Gasteiger partial charge in [0, 0.05) is 36.4 Å². The molecule has 0 saturated carbocycles. The number of rotatable bonds is 17. The Morgan fingerprint density at radius 3 is 2.00 bits per heavy atom. The van der Waals surface area contributed by atoms with Gasteiger partial charge in [0.05, 0.1) is 6.04 Å².